The number of phenols is 1. The van der Waals surface area contributed by atoms with Gasteiger partial charge in [0, 0.05) is 12.5 Å². The number of esters is 1. The molecule has 1 aromatic carbocycles. The van der Waals surface area contributed by atoms with Crippen LogP contribution < -0.4 is 4.74 Å². The van der Waals surface area contributed by atoms with Gasteiger partial charge in [-0.15, -0.1) is 0 Å². The monoisotopic (exact) mass is 364 g/mol. The lowest BCUT2D eigenvalue weighted by Gasteiger charge is -2.20. The van der Waals surface area contributed by atoms with Crippen LogP contribution in [0.4, 0.5) is 0 Å². The molecule has 0 radical (unpaired) electrons. The van der Waals surface area contributed by atoms with E-state index in [9.17, 15) is 25.2 Å². The molecule has 7 heteroatoms. The van der Waals surface area contributed by atoms with Crippen LogP contribution in [-0.4, -0.2) is 57.9 Å². The molecule has 7 nitrogen and oxygen atoms in total. The number of methoxy groups -OCH3 is 1. The summed E-state index contributed by atoms with van der Waals surface area (Å²) in [5.74, 6) is -0.615. The normalized spacial score (nSPS) is 29.8. The fourth-order valence-corrected chi connectivity index (χ4v) is 2.61. The highest BCUT2D eigenvalue weighted by atomic mass is 16.5. The molecule has 142 valence electrons. The number of fused-ring (bicyclic) bond motifs is 1. The standard InChI is InChI=1S/C19H24O7/c1-11-5-3-7-14(20)18(23)15(21)8-4-6-12-9-13(25-2)10-16(22)17(12)19(24)26-11/h3-4,6-7,9-11,14-15,18,20-23H,5,8H2,1-2H3/b6-4+,7-3-/t11-,14+,15+,18-/m1/s1. The van der Waals surface area contributed by atoms with Crippen LogP contribution in [-0.2, 0) is 4.74 Å². The fraction of sp³-hybridized carbons (Fsp3) is 0.421. The quantitative estimate of drug-likeness (QED) is 0.439. The van der Waals surface area contributed by atoms with Gasteiger partial charge in [0.2, 0.25) is 0 Å². The number of hydrogen-bond acceptors (Lipinski definition) is 7. The minimum absolute atomic E-state index is 0.00925. The number of aliphatic hydroxyl groups excluding tert-OH is 3. The number of rotatable bonds is 1. The Labute approximate surface area is 151 Å². The van der Waals surface area contributed by atoms with Crippen LogP contribution in [0.15, 0.2) is 30.4 Å². The number of aromatic hydroxyl groups is 1. The topological polar surface area (TPSA) is 116 Å². The minimum Gasteiger partial charge on any atom is -0.507 e. The second kappa shape index (κ2) is 8.84. The summed E-state index contributed by atoms with van der Waals surface area (Å²) in [6, 6.07) is 2.87. The molecule has 4 atom stereocenters. The van der Waals surface area contributed by atoms with Gasteiger partial charge in [0.15, 0.2) is 0 Å². The molecule has 26 heavy (non-hydrogen) atoms. The maximum absolute atomic E-state index is 12.5. The summed E-state index contributed by atoms with van der Waals surface area (Å²) in [6.45, 7) is 1.67. The van der Waals surface area contributed by atoms with Crippen LogP contribution in [0.25, 0.3) is 6.08 Å². The third-order valence-corrected chi connectivity index (χ3v) is 4.09. The Morgan fingerprint density at radius 1 is 1.15 bits per heavy atom. The van der Waals surface area contributed by atoms with Gasteiger partial charge in [-0.2, -0.15) is 0 Å². The molecular formula is C19H24O7. The van der Waals surface area contributed by atoms with Gasteiger partial charge >= 0.3 is 5.97 Å². The second-order valence-corrected chi connectivity index (χ2v) is 6.18. The van der Waals surface area contributed by atoms with E-state index in [0.29, 0.717) is 17.7 Å². The van der Waals surface area contributed by atoms with Gasteiger partial charge in [-0.1, -0.05) is 24.3 Å². The highest BCUT2D eigenvalue weighted by Gasteiger charge is 2.23. The zero-order valence-electron chi connectivity index (χ0n) is 14.7. The number of hydrogen-bond donors (Lipinski definition) is 4. The van der Waals surface area contributed by atoms with Crippen molar-refractivity contribution in [1.29, 1.82) is 0 Å². The summed E-state index contributed by atoms with van der Waals surface area (Å²) in [4.78, 5) is 12.5. The third-order valence-electron chi connectivity index (χ3n) is 4.09. The number of phenolic OH excluding ortho intramolecular Hbond substituents is 1. The van der Waals surface area contributed by atoms with Crippen LogP contribution in [0.3, 0.4) is 0 Å². The SMILES string of the molecule is COc1cc(O)c2c(c1)/C=C/C[C@H](O)[C@H](O)[C@@H](O)/C=C\C[C@@H](C)OC2=O. The maximum Gasteiger partial charge on any atom is 0.342 e. The van der Waals surface area contributed by atoms with Crippen molar-refractivity contribution in [2.24, 2.45) is 0 Å². The smallest absolute Gasteiger partial charge is 0.342 e. The van der Waals surface area contributed by atoms with Crippen molar-refractivity contribution in [2.75, 3.05) is 7.11 Å². The Bertz CT molecular complexity index is 695. The van der Waals surface area contributed by atoms with E-state index in [1.807, 2.05) is 0 Å². The lowest BCUT2D eigenvalue weighted by Crippen LogP contribution is -2.35. The number of ether oxygens (including phenoxy) is 2. The van der Waals surface area contributed by atoms with Crippen LogP contribution >= 0.6 is 0 Å². The summed E-state index contributed by atoms with van der Waals surface area (Å²) >= 11 is 0. The predicted molar refractivity (Wildman–Crippen MR) is 95.0 cm³/mol. The van der Waals surface area contributed by atoms with Gasteiger partial charge in [-0.05, 0) is 25.0 Å². The Morgan fingerprint density at radius 3 is 2.58 bits per heavy atom. The molecule has 0 spiro atoms. The van der Waals surface area contributed by atoms with Gasteiger partial charge in [0.25, 0.3) is 0 Å². The zero-order chi connectivity index (χ0) is 19.3. The first-order valence-corrected chi connectivity index (χ1v) is 8.32. The number of carbonyl (C=O) groups is 1. The predicted octanol–water partition coefficient (Wildman–Crippen LogP) is 1.39. The summed E-state index contributed by atoms with van der Waals surface area (Å²) < 4.78 is 10.4. The molecule has 1 aliphatic rings. The number of carbonyl (C=O) groups excluding carboxylic acids is 1. The molecule has 1 aliphatic heterocycles. The molecule has 0 unspecified atom stereocenters. The Balaban J connectivity index is 2.44. The van der Waals surface area contributed by atoms with Gasteiger partial charge in [-0.3, -0.25) is 0 Å². The van der Waals surface area contributed by atoms with E-state index >= 15 is 0 Å². The van der Waals surface area contributed by atoms with E-state index in [0.717, 1.165) is 0 Å². The molecular weight excluding hydrogens is 340 g/mol. The number of cyclic esters (lactones) is 1. The molecule has 0 aliphatic carbocycles. The maximum atomic E-state index is 12.5. The lowest BCUT2D eigenvalue weighted by molar-refractivity contribution is -0.0394. The molecule has 0 bridgehead atoms. The fourth-order valence-electron chi connectivity index (χ4n) is 2.61. The van der Waals surface area contributed by atoms with Crippen molar-refractivity contribution < 1.29 is 34.7 Å². The summed E-state index contributed by atoms with van der Waals surface area (Å²) in [7, 11) is 1.43. The van der Waals surface area contributed by atoms with Crippen molar-refractivity contribution in [1.82, 2.24) is 0 Å². The number of aliphatic hydroxyl groups is 3. The Kier molecular flexibility index (Phi) is 6.79. The average molecular weight is 364 g/mol. The largest absolute Gasteiger partial charge is 0.507 e. The van der Waals surface area contributed by atoms with Crippen LogP contribution in [0, 0.1) is 0 Å². The van der Waals surface area contributed by atoms with E-state index in [1.165, 1.54) is 31.4 Å². The van der Waals surface area contributed by atoms with E-state index < -0.39 is 30.4 Å². The van der Waals surface area contributed by atoms with Crippen molar-refractivity contribution in [3.8, 4) is 11.5 Å². The van der Waals surface area contributed by atoms with Crippen LogP contribution in [0.5, 0.6) is 11.5 Å². The molecule has 0 amide bonds. The Hall–Kier alpha value is -2.35. The van der Waals surface area contributed by atoms with E-state index in [2.05, 4.69) is 0 Å². The molecule has 0 aromatic heterocycles. The second-order valence-electron chi connectivity index (χ2n) is 6.18. The first-order valence-electron chi connectivity index (χ1n) is 8.32. The molecule has 0 saturated heterocycles. The molecule has 1 heterocycles. The van der Waals surface area contributed by atoms with Crippen molar-refractivity contribution >= 4 is 12.0 Å². The lowest BCUT2D eigenvalue weighted by atomic mass is 10.0. The number of benzene rings is 1. The van der Waals surface area contributed by atoms with Gasteiger partial charge < -0.3 is 29.9 Å². The molecule has 4 N–H and O–H groups in total. The van der Waals surface area contributed by atoms with E-state index in [-0.39, 0.29) is 17.7 Å². The highest BCUT2D eigenvalue weighted by Crippen LogP contribution is 2.30. The van der Waals surface area contributed by atoms with Crippen molar-refractivity contribution in [2.45, 2.75) is 44.2 Å². The van der Waals surface area contributed by atoms with Gasteiger partial charge in [0.1, 0.15) is 35.4 Å². The van der Waals surface area contributed by atoms with E-state index in [4.69, 9.17) is 9.47 Å². The summed E-state index contributed by atoms with van der Waals surface area (Å²) in [5, 5.41) is 40.0. The molecule has 0 saturated carbocycles. The average Bonchev–Trinajstić information content (AvgIpc) is 2.59. The van der Waals surface area contributed by atoms with Gasteiger partial charge in [0.05, 0.1) is 13.2 Å². The summed E-state index contributed by atoms with van der Waals surface area (Å²) in [5.41, 5.74) is 0.346. The minimum atomic E-state index is -1.35. The summed E-state index contributed by atoms with van der Waals surface area (Å²) in [6.07, 6.45) is 2.00. The highest BCUT2D eigenvalue weighted by molar-refractivity contribution is 5.97. The van der Waals surface area contributed by atoms with Crippen molar-refractivity contribution in [3.63, 3.8) is 0 Å². The van der Waals surface area contributed by atoms with E-state index in [1.54, 1.807) is 19.1 Å². The molecule has 2 rings (SSSR count). The molecule has 1 aromatic rings. The zero-order valence-corrected chi connectivity index (χ0v) is 14.7. The van der Waals surface area contributed by atoms with Crippen LogP contribution in [0.1, 0.15) is 35.7 Å². The molecule has 0 fully saturated rings. The van der Waals surface area contributed by atoms with Crippen LogP contribution in [0.2, 0.25) is 0 Å². The first-order chi connectivity index (χ1) is 12.3. The third kappa shape index (κ3) is 4.85. The Morgan fingerprint density at radius 2 is 1.88 bits per heavy atom. The van der Waals surface area contributed by atoms with Crippen molar-refractivity contribution in [3.05, 3.63) is 41.5 Å². The first kappa shape index (κ1) is 20.0. The van der Waals surface area contributed by atoms with Gasteiger partial charge in [-0.25, -0.2) is 4.79 Å².